The van der Waals surface area contributed by atoms with E-state index in [0.29, 0.717) is 17.4 Å². The Bertz CT molecular complexity index is 1240. The molecule has 2 N–H and O–H groups in total. The van der Waals surface area contributed by atoms with Gasteiger partial charge in [0.25, 0.3) is 0 Å². The topological polar surface area (TPSA) is 80.8 Å². The van der Waals surface area contributed by atoms with Crippen LogP contribution in [0.3, 0.4) is 0 Å². The van der Waals surface area contributed by atoms with Crippen LogP contribution >= 0.6 is 12.2 Å². The van der Waals surface area contributed by atoms with Gasteiger partial charge in [-0.2, -0.15) is 5.10 Å². The summed E-state index contributed by atoms with van der Waals surface area (Å²) in [6.45, 7) is 0.465. The minimum Gasteiger partial charge on any atom is -0.463 e. The standard InChI is InChI=1S/C23H20N4O3S/c1-29-22(28)21-12-11-18(30-21)15-27-14-16(19-9-5-6-10-20(19)27)13-24-26-23(31)25-17-7-3-2-4-8-17/h2-14H,15H2,1H3,(H2,25,26,31)/b24-13+. The van der Waals surface area contributed by atoms with Crippen molar-refractivity contribution in [2.45, 2.75) is 6.54 Å². The molecule has 0 radical (unpaired) electrons. The molecule has 2 heterocycles. The fourth-order valence-electron chi connectivity index (χ4n) is 3.19. The lowest BCUT2D eigenvalue weighted by molar-refractivity contribution is 0.0563. The molecule has 4 aromatic rings. The zero-order valence-electron chi connectivity index (χ0n) is 16.7. The number of anilines is 1. The number of methoxy groups -OCH3 is 1. The summed E-state index contributed by atoms with van der Waals surface area (Å²) in [6.07, 6.45) is 3.70. The van der Waals surface area contributed by atoms with E-state index >= 15 is 0 Å². The number of esters is 1. The third kappa shape index (κ3) is 4.81. The Morgan fingerprint density at radius 3 is 2.71 bits per heavy atom. The number of ether oxygens (including phenoxy) is 1. The van der Waals surface area contributed by atoms with Gasteiger partial charge in [0.05, 0.1) is 19.9 Å². The van der Waals surface area contributed by atoms with Gasteiger partial charge in [-0.25, -0.2) is 4.79 Å². The van der Waals surface area contributed by atoms with Crippen LogP contribution in [0.5, 0.6) is 0 Å². The number of thiocarbonyl (C=S) groups is 1. The molecule has 0 saturated carbocycles. The van der Waals surface area contributed by atoms with E-state index in [1.807, 2.05) is 65.4 Å². The molecule has 2 aromatic carbocycles. The molecule has 4 rings (SSSR count). The van der Waals surface area contributed by atoms with Crippen LogP contribution in [0.25, 0.3) is 10.9 Å². The number of para-hydroxylation sites is 2. The van der Waals surface area contributed by atoms with E-state index in [0.717, 1.165) is 22.2 Å². The minimum absolute atomic E-state index is 0.180. The monoisotopic (exact) mass is 432 g/mol. The lowest BCUT2D eigenvalue weighted by Gasteiger charge is -2.05. The largest absolute Gasteiger partial charge is 0.463 e. The SMILES string of the molecule is COC(=O)c1ccc(Cn2cc(/C=N/NC(=S)Nc3ccccc3)c3ccccc32)o1. The van der Waals surface area contributed by atoms with E-state index < -0.39 is 5.97 Å². The molecule has 2 aromatic heterocycles. The van der Waals surface area contributed by atoms with Gasteiger partial charge in [0.1, 0.15) is 5.76 Å². The van der Waals surface area contributed by atoms with E-state index in [2.05, 4.69) is 15.8 Å². The van der Waals surface area contributed by atoms with Gasteiger partial charge in [-0.3, -0.25) is 5.43 Å². The van der Waals surface area contributed by atoms with Crippen molar-refractivity contribution in [1.82, 2.24) is 9.99 Å². The lowest BCUT2D eigenvalue weighted by atomic mass is 10.2. The van der Waals surface area contributed by atoms with Gasteiger partial charge in [-0.1, -0.05) is 36.4 Å². The maximum absolute atomic E-state index is 11.6. The predicted molar refractivity (Wildman–Crippen MR) is 124 cm³/mol. The molecule has 8 heteroatoms. The number of furan rings is 1. The first-order chi connectivity index (χ1) is 15.1. The zero-order chi connectivity index (χ0) is 21.6. The average Bonchev–Trinajstić information content (AvgIpc) is 3.40. The second-order valence-electron chi connectivity index (χ2n) is 6.68. The van der Waals surface area contributed by atoms with Crippen LogP contribution in [0.1, 0.15) is 21.9 Å². The molecule has 0 fully saturated rings. The number of carbonyl (C=O) groups is 1. The van der Waals surface area contributed by atoms with Crippen LogP contribution in [-0.2, 0) is 11.3 Å². The van der Waals surface area contributed by atoms with E-state index in [4.69, 9.17) is 21.4 Å². The second kappa shape index (κ2) is 9.27. The van der Waals surface area contributed by atoms with Crippen LogP contribution in [0.2, 0.25) is 0 Å². The van der Waals surface area contributed by atoms with E-state index in [-0.39, 0.29) is 5.76 Å². The molecule has 156 valence electrons. The number of carbonyl (C=O) groups excluding carboxylic acids is 1. The number of aromatic nitrogens is 1. The molecular formula is C23H20N4O3S. The average molecular weight is 433 g/mol. The Morgan fingerprint density at radius 2 is 1.90 bits per heavy atom. The summed E-state index contributed by atoms with van der Waals surface area (Å²) >= 11 is 5.28. The normalized spacial score (nSPS) is 11.0. The number of hydrogen-bond acceptors (Lipinski definition) is 5. The fraction of sp³-hybridized carbons (Fsp3) is 0.0870. The molecule has 0 aliphatic rings. The molecule has 0 spiro atoms. The van der Waals surface area contributed by atoms with Crippen molar-refractivity contribution < 1.29 is 13.9 Å². The van der Waals surface area contributed by atoms with Gasteiger partial charge in [-0.05, 0) is 42.5 Å². The Hall–Kier alpha value is -3.91. The van der Waals surface area contributed by atoms with Crippen molar-refractivity contribution in [1.29, 1.82) is 0 Å². The number of nitrogens with one attached hydrogen (secondary N) is 2. The molecule has 0 unspecified atom stereocenters. The maximum Gasteiger partial charge on any atom is 0.373 e. The molecule has 31 heavy (non-hydrogen) atoms. The first kappa shape index (κ1) is 20.4. The Labute approximate surface area is 184 Å². The Morgan fingerprint density at radius 1 is 1.13 bits per heavy atom. The third-order valence-electron chi connectivity index (χ3n) is 4.60. The summed E-state index contributed by atoms with van der Waals surface area (Å²) < 4.78 is 12.3. The highest BCUT2D eigenvalue weighted by atomic mass is 32.1. The van der Waals surface area contributed by atoms with Gasteiger partial charge in [0.2, 0.25) is 5.76 Å². The van der Waals surface area contributed by atoms with Gasteiger partial charge >= 0.3 is 5.97 Å². The van der Waals surface area contributed by atoms with Crippen LogP contribution in [0, 0.1) is 0 Å². The summed E-state index contributed by atoms with van der Waals surface area (Å²) in [7, 11) is 1.32. The summed E-state index contributed by atoms with van der Waals surface area (Å²) in [5.74, 6) is 0.331. The molecule has 0 aliphatic heterocycles. The van der Waals surface area contributed by atoms with Crippen molar-refractivity contribution in [2.75, 3.05) is 12.4 Å². The first-order valence-electron chi connectivity index (χ1n) is 9.54. The molecule has 0 saturated heterocycles. The summed E-state index contributed by atoms with van der Waals surface area (Å²) in [5, 5.41) is 8.78. The smallest absolute Gasteiger partial charge is 0.373 e. The van der Waals surface area contributed by atoms with Gasteiger partial charge in [0.15, 0.2) is 5.11 Å². The Balaban J connectivity index is 1.50. The second-order valence-corrected chi connectivity index (χ2v) is 7.09. The van der Waals surface area contributed by atoms with Crippen molar-refractivity contribution in [3.05, 3.63) is 90.0 Å². The quantitative estimate of drug-likeness (QED) is 0.204. The van der Waals surface area contributed by atoms with Crippen LogP contribution in [-0.4, -0.2) is 29.0 Å². The van der Waals surface area contributed by atoms with Gasteiger partial charge in [-0.15, -0.1) is 0 Å². The summed E-state index contributed by atoms with van der Waals surface area (Å²) in [6, 6.07) is 21.0. The molecule has 0 bridgehead atoms. The van der Waals surface area contributed by atoms with E-state index in [1.54, 1.807) is 18.3 Å². The number of nitrogens with zero attached hydrogens (tertiary/aromatic N) is 2. The fourth-order valence-corrected chi connectivity index (χ4v) is 3.36. The molecule has 0 amide bonds. The highest BCUT2D eigenvalue weighted by Gasteiger charge is 2.13. The number of fused-ring (bicyclic) bond motifs is 1. The van der Waals surface area contributed by atoms with Crippen LogP contribution in [0.15, 0.2) is 82.4 Å². The number of hydrazone groups is 1. The lowest BCUT2D eigenvalue weighted by Crippen LogP contribution is -2.23. The molecule has 0 aliphatic carbocycles. The highest BCUT2D eigenvalue weighted by molar-refractivity contribution is 7.80. The minimum atomic E-state index is -0.498. The highest BCUT2D eigenvalue weighted by Crippen LogP contribution is 2.22. The van der Waals surface area contributed by atoms with Gasteiger partial charge in [0, 0.05) is 28.4 Å². The molecule has 7 nitrogen and oxygen atoms in total. The van der Waals surface area contributed by atoms with E-state index in [9.17, 15) is 4.79 Å². The summed E-state index contributed by atoms with van der Waals surface area (Å²) in [4.78, 5) is 11.6. The zero-order valence-corrected chi connectivity index (χ0v) is 17.6. The van der Waals surface area contributed by atoms with Crippen LogP contribution in [0.4, 0.5) is 5.69 Å². The molecular weight excluding hydrogens is 412 g/mol. The maximum atomic E-state index is 11.6. The first-order valence-corrected chi connectivity index (χ1v) is 9.95. The number of benzene rings is 2. The van der Waals surface area contributed by atoms with Crippen molar-refractivity contribution in [3.63, 3.8) is 0 Å². The van der Waals surface area contributed by atoms with Gasteiger partial charge < -0.3 is 19.0 Å². The number of hydrogen-bond donors (Lipinski definition) is 2. The Kier molecular flexibility index (Phi) is 6.09. The summed E-state index contributed by atoms with van der Waals surface area (Å²) in [5.41, 5.74) is 5.66. The predicted octanol–water partition coefficient (Wildman–Crippen LogP) is 4.39. The van der Waals surface area contributed by atoms with Crippen molar-refractivity contribution in [2.24, 2.45) is 5.10 Å². The number of rotatable bonds is 6. The van der Waals surface area contributed by atoms with Crippen molar-refractivity contribution >= 4 is 46.1 Å². The molecule has 0 atom stereocenters. The van der Waals surface area contributed by atoms with Crippen LogP contribution < -0.4 is 10.7 Å². The van der Waals surface area contributed by atoms with Crippen molar-refractivity contribution in [3.8, 4) is 0 Å². The van der Waals surface area contributed by atoms with E-state index in [1.165, 1.54) is 7.11 Å². The third-order valence-corrected chi connectivity index (χ3v) is 4.79.